The van der Waals surface area contributed by atoms with E-state index >= 15 is 0 Å². The van der Waals surface area contributed by atoms with Gasteiger partial charge in [-0.3, -0.25) is 0 Å². The Kier molecular flexibility index (Phi) is 5.20. The Labute approximate surface area is 152 Å². The molecular weight excluding hydrogens is 332 g/mol. The molecule has 3 rings (SSSR count). The van der Waals surface area contributed by atoms with Gasteiger partial charge in [0.05, 0.1) is 12.2 Å². The third kappa shape index (κ3) is 3.14. The number of carbonyl (C=O) groups is 1. The Balaban J connectivity index is 2.04. The highest BCUT2D eigenvalue weighted by Gasteiger charge is 2.34. The number of allylic oxidation sites excluding steroid dienone is 1. The molecule has 2 heterocycles. The Morgan fingerprint density at radius 1 is 1.23 bits per heavy atom. The summed E-state index contributed by atoms with van der Waals surface area (Å²) < 4.78 is 6.88. The highest BCUT2D eigenvalue weighted by molar-refractivity contribution is 5.92. The molecule has 1 aromatic carbocycles. The molecule has 0 saturated carbocycles. The van der Waals surface area contributed by atoms with Crippen LogP contribution in [0.15, 0.2) is 35.5 Å². The number of nitrogens with zero attached hydrogens (tertiary/aromatic N) is 5. The van der Waals surface area contributed by atoms with Crippen LogP contribution in [-0.4, -0.2) is 45.9 Å². The second-order valence-electron chi connectivity index (χ2n) is 6.00. The summed E-state index contributed by atoms with van der Waals surface area (Å²) in [4.78, 5) is 14.8. The predicted octanol–water partition coefficient (Wildman–Crippen LogP) is 2.37. The van der Waals surface area contributed by atoms with E-state index in [2.05, 4.69) is 51.7 Å². The summed E-state index contributed by atoms with van der Waals surface area (Å²) in [5.41, 5.74) is 3.28. The van der Waals surface area contributed by atoms with Crippen LogP contribution in [0.4, 0.5) is 11.6 Å². The first-order valence-corrected chi connectivity index (χ1v) is 8.88. The van der Waals surface area contributed by atoms with Gasteiger partial charge in [0.15, 0.2) is 0 Å². The highest BCUT2D eigenvalue weighted by atomic mass is 16.5. The Morgan fingerprint density at radius 3 is 2.54 bits per heavy atom. The van der Waals surface area contributed by atoms with Crippen molar-refractivity contribution in [1.29, 1.82) is 0 Å². The summed E-state index contributed by atoms with van der Waals surface area (Å²) in [5.74, 6) is 0.143. The zero-order valence-corrected chi connectivity index (χ0v) is 15.6. The molecule has 0 radical (unpaired) electrons. The van der Waals surface area contributed by atoms with Gasteiger partial charge >= 0.3 is 5.97 Å². The maximum absolute atomic E-state index is 12.6. The first-order chi connectivity index (χ1) is 12.6. The van der Waals surface area contributed by atoms with Gasteiger partial charge in [0, 0.05) is 24.5 Å². The van der Waals surface area contributed by atoms with Crippen molar-refractivity contribution in [2.24, 2.45) is 0 Å². The van der Waals surface area contributed by atoms with E-state index < -0.39 is 6.04 Å². The quantitative estimate of drug-likeness (QED) is 0.795. The van der Waals surface area contributed by atoms with Crippen molar-refractivity contribution >= 4 is 17.6 Å². The van der Waals surface area contributed by atoms with Crippen LogP contribution in [0.5, 0.6) is 0 Å². The fraction of sp³-hybridized carbons (Fsp3) is 0.444. The van der Waals surface area contributed by atoms with E-state index in [0.29, 0.717) is 23.8 Å². The van der Waals surface area contributed by atoms with Gasteiger partial charge in [0.2, 0.25) is 5.95 Å². The molecule has 2 aromatic rings. The van der Waals surface area contributed by atoms with E-state index in [1.165, 1.54) is 0 Å². The van der Waals surface area contributed by atoms with E-state index in [1.54, 1.807) is 11.6 Å². The number of nitrogens with one attached hydrogen (secondary N) is 1. The van der Waals surface area contributed by atoms with E-state index in [1.807, 2.05) is 19.1 Å². The van der Waals surface area contributed by atoms with E-state index in [0.717, 1.165) is 24.3 Å². The number of tetrazole rings is 1. The largest absolute Gasteiger partial charge is 0.463 e. The van der Waals surface area contributed by atoms with Crippen LogP contribution < -0.4 is 10.2 Å². The molecule has 8 nitrogen and oxygen atoms in total. The molecule has 1 aromatic heterocycles. The smallest absolute Gasteiger partial charge is 0.338 e. The van der Waals surface area contributed by atoms with Gasteiger partial charge in [-0.05, 0) is 55.8 Å². The summed E-state index contributed by atoms with van der Waals surface area (Å²) in [5, 5.41) is 14.9. The number of benzene rings is 1. The second kappa shape index (κ2) is 7.55. The minimum atomic E-state index is -0.425. The molecule has 0 amide bonds. The second-order valence-corrected chi connectivity index (χ2v) is 6.00. The lowest BCUT2D eigenvalue weighted by Gasteiger charge is -2.28. The van der Waals surface area contributed by atoms with Crippen LogP contribution in [0.2, 0.25) is 0 Å². The van der Waals surface area contributed by atoms with Crippen molar-refractivity contribution in [1.82, 2.24) is 20.2 Å². The molecule has 138 valence electrons. The molecule has 0 spiro atoms. The molecule has 0 saturated heterocycles. The lowest BCUT2D eigenvalue weighted by atomic mass is 9.95. The number of aromatic nitrogens is 4. The normalized spacial score (nSPS) is 16.1. The maximum atomic E-state index is 12.6. The summed E-state index contributed by atoms with van der Waals surface area (Å²) >= 11 is 0. The zero-order valence-electron chi connectivity index (χ0n) is 15.6. The van der Waals surface area contributed by atoms with Gasteiger partial charge in [-0.25, -0.2) is 4.79 Å². The molecule has 0 aliphatic carbocycles. The molecule has 0 fully saturated rings. The third-order valence-electron chi connectivity index (χ3n) is 4.55. The summed E-state index contributed by atoms with van der Waals surface area (Å²) in [6, 6.07) is 7.73. The fourth-order valence-electron chi connectivity index (χ4n) is 3.25. The van der Waals surface area contributed by atoms with Crippen LogP contribution in [-0.2, 0) is 9.53 Å². The van der Waals surface area contributed by atoms with Gasteiger partial charge in [-0.15, -0.1) is 0 Å². The Morgan fingerprint density at radius 2 is 1.92 bits per heavy atom. The SMILES string of the molecule is CCOC(=O)C1=C(C)Nc2nnnn2[C@H]1c1ccc(N(CC)CC)cc1. The Hall–Kier alpha value is -2.90. The van der Waals surface area contributed by atoms with E-state index in [-0.39, 0.29) is 5.97 Å². The molecule has 0 unspecified atom stereocenters. The minimum Gasteiger partial charge on any atom is -0.463 e. The lowest BCUT2D eigenvalue weighted by Crippen LogP contribution is -2.29. The number of ether oxygens (including phenoxy) is 1. The van der Waals surface area contributed by atoms with Crippen LogP contribution in [0, 0.1) is 0 Å². The van der Waals surface area contributed by atoms with Crippen molar-refractivity contribution < 1.29 is 9.53 Å². The fourth-order valence-corrected chi connectivity index (χ4v) is 3.25. The molecule has 26 heavy (non-hydrogen) atoms. The molecule has 1 N–H and O–H groups in total. The van der Waals surface area contributed by atoms with Gasteiger partial charge in [-0.1, -0.05) is 17.2 Å². The minimum absolute atomic E-state index is 0.311. The number of anilines is 2. The lowest BCUT2D eigenvalue weighted by molar-refractivity contribution is -0.139. The summed E-state index contributed by atoms with van der Waals surface area (Å²) in [6.45, 7) is 10.1. The van der Waals surface area contributed by atoms with Gasteiger partial charge in [0.25, 0.3) is 0 Å². The number of rotatable bonds is 6. The standard InChI is InChI=1S/C18H24N6O2/c1-5-23(6-2)14-10-8-13(9-11-14)16-15(17(25)26-7-3)12(4)19-18-20-21-22-24(16)18/h8-11,16H,5-7H2,1-4H3,(H,19,20,22)/t16-/m0/s1. The average molecular weight is 356 g/mol. The summed E-state index contributed by atoms with van der Waals surface area (Å²) in [7, 11) is 0. The predicted molar refractivity (Wildman–Crippen MR) is 98.9 cm³/mol. The first-order valence-electron chi connectivity index (χ1n) is 8.88. The van der Waals surface area contributed by atoms with Crippen molar-refractivity contribution in [3.8, 4) is 0 Å². The number of hydrogen-bond donors (Lipinski definition) is 1. The van der Waals surface area contributed by atoms with Gasteiger partial charge in [-0.2, -0.15) is 4.68 Å². The number of esters is 1. The van der Waals surface area contributed by atoms with Crippen LogP contribution >= 0.6 is 0 Å². The van der Waals surface area contributed by atoms with E-state index in [9.17, 15) is 4.79 Å². The molecular formula is C18H24N6O2. The molecule has 1 atom stereocenters. The van der Waals surface area contributed by atoms with Crippen molar-refractivity contribution in [3.63, 3.8) is 0 Å². The van der Waals surface area contributed by atoms with Crippen LogP contribution in [0.25, 0.3) is 0 Å². The molecule has 1 aliphatic heterocycles. The molecule has 0 bridgehead atoms. The van der Waals surface area contributed by atoms with Gasteiger partial charge in [0.1, 0.15) is 6.04 Å². The highest BCUT2D eigenvalue weighted by Crippen LogP contribution is 2.35. The van der Waals surface area contributed by atoms with Gasteiger partial charge < -0.3 is 15.0 Å². The van der Waals surface area contributed by atoms with Crippen molar-refractivity contribution in [2.45, 2.75) is 33.7 Å². The van der Waals surface area contributed by atoms with Crippen LogP contribution in [0.3, 0.4) is 0 Å². The molecule has 1 aliphatic rings. The number of carbonyl (C=O) groups excluding carboxylic acids is 1. The summed E-state index contributed by atoms with van der Waals surface area (Å²) in [6.07, 6.45) is 0. The van der Waals surface area contributed by atoms with E-state index in [4.69, 9.17) is 4.74 Å². The average Bonchev–Trinajstić information content (AvgIpc) is 3.10. The third-order valence-corrected chi connectivity index (χ3v) is 4.55. The molecule has 8 heteroatoms. The van der Waals surface area contributed by atoms with Crippen LogP contribution in [0.1, 0.15) is 39.3 Å². The monoisotopic (exact) mass is 356 g/mol. The zero-order chi connectivity index (χ0) is 18.7. The topological polar surface area (TPSA) is 85.2 Å². The number of fused-ring (bicyclic) bond motifs is 1. The Bertz CT molecular complexity index is 807. The first kappa shape index (κ1) is 17.9. The number of hydrogen-bond acceptors (Lipinski definition) is 7. The van der Waals surface area contributed by atoms with Crippen molar-refractivity contribution in [3.05, 3.63) is 41.1 Å². The van der Waals surface area contributed by atoms with Crippen molar-refractivity contribution in [2.75, 3.05) is 29.9 Å². The maximum Gasteiger partial charge on any atom is 0.338 e.